The second-order valence-corrected chi connectivity index (χ2v) is 5.02. The Morgan fingerprint density at radius 1 is 1.11 bits per heavy atom. The smallest absolute Gasteiger partial charge is 0.0724 e. The predicted octanol–water partition coefficient (Wildman–Crippen LogP) is 3.85. The van der Waals surface area contributed by atoms with Gasteiger partial charge in [-0.05, 0) is 30.2 Å². The van der Waals surface area contributed by atoms with Crippen molar-refractivity contribution >= 4 is 23.2 Å². The molecule has 94 valence electrons. The number of nitrogens with one attached hydrogen (secondary N) is 1. The summed E-state index contributed by atoms with van der Waals surface area (Å²) in [5.74, 6) is 5.65. The zero-order chi connectivity index (χ0) is 13.1. The average molecular weight is 281 g/mol. The first-order chi connectivity index (χ1) is 8.61. The molecule has 0 spiro atoms. The Bertz CT molecular complexity index is 555. The minimum atomic E-state index is -0.144. The summed E-state index contributed by atoms with van der Waals surface area (Å²) < 4.78 is 0. The summed E-state index contributed by atoms with van der Waals surface area (Å²) in [5, 5.41) is 1.22. The second kappa shape index (κ2) is 5.72. The average Bonchev–Trinajstić information content (AvgIpc) is 2.33. The van der Waals surface area contributed by atoms with E-state index in [4.69, 9.17) is 29.0 Å². The number of rotatable bonds is 3. The van der Waals surface area contributed by atoms with Crippen molar-refractivity contribution in [2.45, 2.75) is 13.0 Å². The lowest BCUT2D eigenvalue weighted by Gasteiger charge is -2.18. The summed E-state index contributed by atoms with van der Waals surface area (Å²) in [4.78, 5) is 0. The molecule has 2 rings (SSSR count). The van der Waals surface area contributed by atoms with E-state index in [-0.39, 0.29) is 6.04 Å². The van der Waals surface area contributed by atoms with Gasteiger partial charge < -0.3 is 0 Å². The minimum Gasteiger partial charge on any atom is -0.271 e. The normalized spacial score (nSPS) is 12.4. The molecule has 1 atom stereocenters. The molecule has 0 saturated heterocycles. The molecule has 0 heterocycles. The van der Waals surface area contributed by atoms with E-state index in [2.05, 4.69) is 11.5 Å². The van der Waals surface area contributed by atoms with E-state index >= 15 is 0 Å². The second-order valence-electron chi connectivity index (χ2n) is 4.18. The number of hydrogen-bond donors (Lipinski definition) is 2. The lowest BCUT2D eigenvalue weighted by atomic mass is 9.98. The Balaban J connectivity index is 2.45. The highest BCUT2D eigenvalue weighted by Gasteiger charge is 2.15. The van der Waals surface area contributed by atoms with E-state index in [0.717, 1.165) is 11.1 Å². The molecule has 0 radical (unpaired) electrons. The topological polar surface area (TPSA) is 38.0 Å². The van der Waals surface area contributed by atoms with Gasteiger partial charge >= 0.3 is 0 Å². The summed E-state index contributed by atoms with van der Waals surface area (Å²) in [5.41, 5.74) is 5.96. The standard InChI is InChI=1S/C14H14Cl2N2/c1-9-3-2-4-10(7-9)14(18-17)12-6-5-11(15)8-13(12)16/h2-8,14,18H,17H2,1H3. The van der Waals surface area contributed by atoms with Crippen molar-refractivity contribution in [2.75, 3.05) is 0 Å². The highest BCUT2D eigenvalue weighted by atomic mass is 35.5. The fourth-order valence-corrected chi connectivity index (χ4v) is 2.47. The molecule has 0 aliphatic carbocycles. The molecule has 0 amide bonds. The Labute approximate surface area is 117 Å². The lowest BCUT2D eigenvalue weighted by molar-refractivity contribution is 0.637. The van der Waals surface area contributed by atoms with Gasteiger partial charge in [0, 0.05) is 10.0 Å². The Hall–Kier alpha value is -1.06. The lowest BCUT2D eigenvalue weighted by Crippen LogP contribution is -2.29. The van der Waals surface area contributed by atoms with E-state index in [0.29, 0.717) is 10.0 Å². The van der Waals surface area contributed by atoms with Gasteiger partial charge in [-0.15, -0.1) is 0 Å². The largest absolute Gasteiger partial charge is 0.271 e. The van der Waals surface area contributed by atoms with Gasteiger partial charge in [-0.3, -0.25) is 5.84 Å². The van der Waals surface area contributed by atoms with E-state index < -0.39 is 0 Å². The third kappa shape index (κ3) is 2.85. The van der Waals surface area contributed by atoms with Crippen molar-refractivity contribution in [2.24, 2.45) is 5.84 Å². The molecule has 2 nitrogen and oxygen atoms in total. The number of hydrazine groups is 1. The van der Waals surface area contributed by atoms with E-state index in [1.165, 1.54) is 5.56 Å². The van der Waals surface area contributed by atoms with Crippen molar-refractivity contribution in [1.29, 1.82) is 0 Å². The molecule has 3 N–H and O–H groups in total. The molecule has 0 fully saturated rings. The first-order valence-electron chi connectivity index (χ1n) is 5.59. The molecule has 0 bridgehead atoms. The first-order valence-corrected chi connectivity index (χ1v) is 6.35. The van der Waals surface area contributed by atoms with Crippen molar-refractivity contribution in [1.82, 2.24) is 5.43 Å². The van der Waals surface area contributed by atoms with Crippen molar-refractivity contribution in [3.8, 4) is 0 Å². The van der Waals surface area contributed by atoms with Crippen LogP contribution in [0.2, 0.25) is 10.0 Å². The summed E-state index contributed by atoms with van der Waals surface area (Å²) in [6, 6.07) is 13.4. The quantitative estimate of drug-likeness (QED) is 0.662. The summed E-state index contributed by atoms with van der Waals surface area (Å²) >= 11 is 12.1. The highest BCUT2D eigenvalue weighted by molar-refractivity contribution is 6.35. The van der Waals surface area contributed by atoms with E-state index in [9.17, 15) is 0 Å². The fourth-order valence-electron chi connectivity index (χ4n) is 1.95. The van der Waals surface area contributed by atoms with Crippen molar-refractivity contribution < 1.29 is 0 Å². The molecule has 0 aromatic heterocycles. The highest BCUT2D eigenvalue weighted by Crippen LogP contribution is 2.30. The molecular weight excluding hydrogens is 267 g/mol. The third-order valence-corrected chi connectivity index (χ3v) is 3.38. The molecule has 0 aliphatic heterocycles. The van der Waals surface area contributed by atoms with Crippen LogP contribution in [0.3, 0.4) is 0 Å². The van der Waals surface area contributed by atoms with Crippen LogP contribution >= 0.6 is 23.2 Å². The SMILES string of the molecule is Cc1cccc(C(NN)c2ccc(Cl)cc2Cl)c1. The van der Waals surface area contributed by atoms with Crippen LogP contribution in [0.25, 0.3) is 0 Å². The zero-order valence-electron chi connectivity index (χ0n) is 9.95. The van der Waals surface area contributed by atoms with Crippen molar-refractivity contribution in [3.63, 3.8) is 0 Å². The van der Waals surface area contributed by atoms with Crippen LogP contribution < -0.4 is 11.3 Å². The molecule has 2 aromatic rings. The molecule has 4 heteroatoms. The van der Waals surface area contributed by atoms with Crippen LogP contribution in [-0.4, -0.2) is 0 Å². The van der Waals surface area contributed by atoms with Crippen LogP contribution in [0, 0.1) is 6.92 Å². The summed E-state index contributed by atoms with van der Waals surface area (Å²) in [6.07, 6.45) is 0. The number of hydrogen-bond acceptors (Lipinski definition) is 2. The Morgan fingerprint density at radius 2 is 1.89 bits per heavy atom. The summed E-state index contributed by atoms with van der Waals surface area (Å²) in [6.45, 7) is 2.04. The first kappa shape index (κ1) is 13.4. The molecule has 0 aliphatic rings. The van der Waals surface area contributed by atoms with Crippen LogP contribution in [-0.2, 0) is 0 Å². The van der Waals surface area contributed by atoms with Gasteiger partial charge in [0.1, 0.15) is 0 Å². The molecule has 2 aromatic carbocycles. The third-order valence-electron chi connectivity index (χ3n) is 2.82. The predicted molar refractivity (Wildman–Crippen MR) is 76.8 cm³/mol. The fraction of sp³-hybridized carbons (Fsp3) is 0.143. The Kier molecular flexibility index (Phi) is 4.25. The van der Waals surface area contributed by atoms with Gasteiger partial charge in [0.2, 0.25) is 0 Å². The maximum absolute atomic E-state index is 6.21. The van der Waals surface area contributed by atoms with Gasteiger partial charge in [-0.2, -0.15) is 0 Å². The minimum absolute atomic E-state index is 0.144. The maximum atomic E-state index is 6.21. The Morgan fingerprint density at radius 3 is 2.50 bits per heavy atom. The van der Waals surface area contributed by atoms with Crippen molar-refractivity contribution in [3.05, 3.63) is 69.2 Å². The molecular formula is C14H14Cl2N2. The number of nitrogens with two attached hydrogens (primary N) is 1. The van der Waals surface area contributed by atoms with Gasteiger partial charge in [0.15, 0.2) is 0 Å². The van der Waals surface area contributed by atoms with E-state index in [1.807, 2.05) is 37.3 Å². The maximum Gasteiger partial charge on any atom is 0.0724 e. The van der Waals surface area contributed by atoms with Gasteiger partial charge in [-0.1, -0.05) is 59.1 Å². The van der Waals surface area contributed by atoms with Gasteiger partial charge in [-0.25, -0.2) is 5.43 Å². The zero-order valence-corrected chi connectivity index (χ0v) is 11.5. The van der Waals surface area contributed by atoms with Gasteiger partial charge in [0.25, 0.3) is 0 Å². The van der Waals surface area contributed by atoms with Crippen LogP contribution in [0.4, 0.5) is 0 Å². The van der Waals surface area contributed by atoms with Crippen LogP contribution in [0.5, 0.6) is 0 Å². The van der Waals surface area contributed by atoms with Crippen LogP contribution in [0.1, 0.15) is 22.7 Å². The number of aryl methyl sites for hydroxylation is 1. The molecule has 18 heavy (non-hydrogen) atoms. The number of halogens is 2. The monoisotopic (exact) mass is 280 g/mol. The number of benzene rings is 2. The van der Waals surface area contributed by atoms with Crippen LogP contribution in [0.15, 0.2) is 42.5 Å². The van der Waals surface area contributed by atoms with E-state index in [1.54, 1.807) is 6.07 Å². The summed E-state index contributed by atoms with van der Waals surface area (Å²) in [7, 11) is 0. The molecule has 1 unspecified atom stereocenters. The van der Waals surface area contributed by atoms with Gasteiger partial charge in [0.05, 0.1) is 6.04 Å². The molecule has 0 saturated carbocycles.